The van der Waals surface area contributed by atoms with Gasteiger partial charge < -0.3 is 15.8 Å². The molecule has 0 heterocycles. The first-order valence-electron chi connectivity index (χ1n) is 7.03. The van der Waals surface area contributed by atoms with E-state index in [1.165, 1.54) is 12.1 Å². The molecule has 0 spiro atoms. The number of hydrogen-bond donors (Lipinski definition) is 2. The number of ether oxygens (including phenoxy) is 1. The van der Waals surface area contributed by atoms with Gasteiger partial charge >= 0.3 is 0 Å². The zero-order valence-corrected chi connectivity index (χ0v) is 12.6. The fourth-order valence-electron chi connectivity index (χ4n) is 1.93. The number of benzene rings is 2. The number of amides is 1. The number of nitrogens with two attached hydrogens (primary N) is 1. The molecule has 116 valence electrons. The SMILES string of the molecule is CC(C)NC(=O)c1ccc(N)c(OCc2cccc(F)c2)c1. The Hall–Kier alpha value is -2.56. The predicted molar refractivity (Wildman–Crippen MR) is 84.2 cm³/mol. The van der Waals surface area contributed by atoms with E-state index in [0.717, 1.165) is 0 Å². The smallest absolute Gasteiger partial charge is 0.251 e. The van der Waals surface area contributed by atoms with Gasteiger partial charge in [0.2, 0.25) is 0 Å². The van der Waals surface area contributed by atoms with Crippen molar-refractivity contribution in [3.8, 4) is 5.75 Å². The summed E-state index contributed by atoms with van der Waals surface area (Å²) < 4.78 is 18.7. The van der Waals surface area contributed by atoms with Crippen LogP contribution in [-0.4, -0.2) is 11.9 Å². The number of carbonyl (C=O) groups excluding carboxylic acids is 1. The third-order valence-electron chi connectivity index (χ3n) is 2.98. The summed E-state index contributed by atoms with van der Waals surface area (Å²) in [6.07, 6.45) is 0. The third-order valence-corrected chi connectivity index (χ3v) is 2.98. The maximum Gasteiger partial charge on any atom is 0.251 e. The molecule has 22 heavy (non-hydrogen) atoms. The molecule has 4 nitrogen and oxygen atoms in total. The summed E-state index contributed by atoms with van der Waals surface area (Å²) in [6.45, 7) is 3.95. The number of nitrogens with one attached hydrogen (secondary N) is 1. The molecule has 2 aromatic rings. The predicted octanol–water partition coefficient (Wildman–Crippen LogP) is 3.13. The minimum absolute atomic E-state index is 0.0433. The Kier molecular flexibility index (Phi) is 4.99. The number of nitrogen functional groups attached to an aromatic ring is 1. The molecule has 0 aromatic heterocycles. The molecule has 0 atom stereocenters. The second-order valence-electron chi connectivity index (χ2n) is 5.30. The molecule has 5 heteroatoms. The highest BCUT2D eigenvalue weighted by atomic mass is 19.1. The Morgan fingerprint density at radius 1 is 1.27 bits per heavy atom. The van der Waals surface area contributed by atoms with Crippen molar-refractivity contribution in [1.82, 2.24) is 5.32 Å². The second-order valence-corrected chi connectivity index (χ2v) is 5.30. The van der Waals surface area contributed by atoms with Gasteiger partial charge in [-0.25, -0.2) is 4.39 Å². The van der Waals surface area contributed by atoms with Gasteiger partial charge in [0.1, 0.15) is 18.2 Å². The van der Waals surface area contributed by atoms with E-state index in [4.69, 9.17) is 10.5 Å². The Bertz CT molecular complexity index is 671. The third kappa shape index (κ3) is 4.22. The monoisotopic (exact) mass is 302 g/mol. The lowest BCUT2D eigenvalue weighted by molar-refractivity contribution is 0.0942. The van der Waals surface area contributed by atoms with Crippen molar-refractivity contribution in [3.63, 3.8) is 0 Å². The van der Waals surface area contributed by atoms with Crippen LogP contribution in [0.1, 0.15) is 29.8 Å². The normalized spacial score (nSPS) is 10.5. The van der Waals surface area contributed by atoms with Crippen molar-refractivity contribution in [2.45, 2.75) is 26.5 Å². The lowest BCUT2D eigenvalue weighted by Gasteiger charge is -2.12. The molecule has 0 aliphatic carbocycles. The van der Waals surface area contributed by atoms with E-state index in [-0.39, 0.29) is 24.4 Å². The van der Waals surface area contributed by atoms with Gasteiger partial charge in [-0.1, -0.05) is 12.1 Å². The van der Waals surface area contributed by atoms with Crippen molar-refractivity contribution in [3.05, 3.63) is 59.4 Å². The molecular formula is C17H19FN2O2. The molecule has 2 rings (SSSR count). The molecule has 0 unspecified atom stereocenters. The molecule has 0 aliphatic rings. The summed E-state index contributed by atoms with van der Waals surface area (Å²) in [4.78, 5) is 12.0. The number of halogens is 1. The molecule has 0 fully saturated rings. The van der Waals surface area contributed by atoms with Crippen LogP contribution >= 0.6 is 0 Å². The van der Waals surface area contributed by atoms with Gasteiger partial charge in [-0.3, -0.25) is 4.79 Å². The van der Waals surface area contributed by atoms with E-state index >= 15 is 0 Å². The van der Waals surface area contributed by atoms with Crippen LogP contribution in [0.15, 0.2) is 42.5 Å². The van der Waals surface area contributed by atoms with Gasteiger partial charge in [0, 0.05) is 11.6 Å². The van der Waals surface area contributed by atoms with Crippen molar-refractivity contribution in [2.24, 2.45) is 0 Å². The molecule has 0 saturated carbocycles. The summed E-state index contributed by atoms with van der Waals surface area (Å²) in [7, 11) is 0. The zero-order chi connectivity index (χ0) is 16.1. The summed E-state index contributed by atoms with van der Waals surface area (Å²) in [6, 6.07) is 11.0. The quantitative estimate of drug-likeness (QED) is 0.834. The average Bonchev–Trinajstić information content (AvgIpc) is 2.45. The van der Waals surface area contributed by atoms with E-state index in [2.05, 4.69) is 5.32 Å². The lowest BCUT2D eigenvalue weighted by Crippen LogP contribution is -2.30. The summed E-state index contributed by atoms with van der Waals surface area (Å²) in [5.74, 6) is -0.106. The van der Waals surface area contributed by atoms with Crippen molar-refractivity contribution in [1.29, 1.82) is 0 Å². The van der Waals surface area contributed by atoms with Crippen LogP contribution < -0.4 is 15.8 Å². The summed E-state index contributed by atoms with van der Waals surface area (Å²) in [5, 5.41) is 2.80. The Balaban J connectivity index is 2.11. The zero-order valence-electron chi connectivity index (χ0n) is 12.6. The van der Waals surface area contributed by atoms with Crippen LogP contribution in [0.25, 0.3) is 0 Å². The highest BCUT2D eigenvalue weighted by Gasteiger charge is 2.10. The summed E-state index contributed by atoms with van der Waals surface area (Å²) >= 11 is 0. The fraction of sp³-hybridized carbons (Fsp3) is 0.235. The van der Waals surface area contributed by atoms with E-state index < -0.39 is 0 Å². The first-order valence-corrected chi connectivity index (χ1v) is 7.03. The van der Waals surface area contributed by atoms with Crippen molar-refractivity contribution in [2.75, 3.05) is 5.73 Å². The Labute approximate surface area is 129 Å². The van der Waals surface area contributed by atoms with Gasteiger partial charge in [0.15, 0.2) is 0 Å². The molecule has 0 saturated heterocycles. The molecular weight excluding hydrogens is 283 g/mol. The Morgan fingerprint density at radius 3 is 2.73 bits per heavy atom. The van der Waals surface area contributed by atoms with E-state index in [0.29, 0.717) is 22.6 Å². The number of rotatable bonds is 5. The molecule has 3 N–H and O–H groups in total. The highest BCUT2D eigenvalue weighted by molar-refractivity contribution is 5.95. The molecule has 0 bridgehead atoms. The van der Waals surface area contributed by atoms with Gasteiger partial charge in [-0.05, 0) is 49.7 Å². The number of hydrogen-bond acceptors (Lipinski definition) is 3. The van der Waals surface area contributed by atoms with Crippen LogP contribution in [0, 0.1) is 5.82 Å². The van der Waals surface area contributed by atoms with Crippen molar-refractivity contribution >= 4 is 11.6 Å². The minimum atomic E-state index is -0.320. The molecule has 0 radical (unpaired) electrons. The highest BCUT2D eigenvalue weighted by Crippen LogP contribution is 2.24. The standard InChI is InChI=1S/C17H19FN2O2/c1-11(2)20-17(21)13-6-7-15(19)16(9-13)22-10-12-4-3-5-14(18)8-12/h3-9,11H,10,19H2,1-2H3,(H,20,21). The average molecular weight is 302 g/mol. The topological polar surface area (TPSA) is 64.4 Å². The first-order chi connectivity index (χ1) is 10.5. The maximum atomic E-state index is 13.1. The first kappa shape index (κ1) is 15.8. The largest absolute Gasteiger partial charge is 0.487 e. The Morgan fingerprint density at radius 2 is 2.05 bits per heavy atom. The summed E-state index contributed by atoms with van der Waals surface area (Å²) in [5.41, 5.74) is 7.44. The maximum absolute atomic E-state index is 13.1. The van der Waals surface area contributed by atoms with Crippen LogP contribution in [0.4, 0.5) is 10.1 Å². The lowest BCUT2D eigenvalue weighted by atomic mass is 10.1. The van der Waals surface area contributed by atoms with Crippen molar-refractivity contribution < 1.29 is 13.9 Å². The fourth-order valence-corrected chi connectivity index (χ4v) is 1.93. The van der Waals surface area contributed by atoms with Crippen LogP contribution in [0.5, 0.6) is 5.75 Å². The van der Waals surface area contributed by atoms with E-state index in [1.807, 2.05) is 13.8 Å². The molecule has 0 aliphatic heterocycles. The molecule has 1 amide bonds. The minimum Gasteiger partial charge on any atom is -0.487 e. The number of carbonyl (C=O) groups is 1. The van der Waals surface area contributed by atoms with Crippen LogP contribution in [-0.2, 0) is 6.61 Å². The van der Waals surface area contributed by atoms with Gasteiger partial charge in [0.05, 0.1) is 5.69 Å². The number of anilines is 1. The van der Waals surface area contributed by atoms with Crippen LogP contribution in [0.2, 0.25) is 0 Å². The van der Waals surface area contributed by atoms with Gasteiger partial charge in [0.25, 0.3) is 5.91 Å². The van der Waals surface area contributed by atoms with E-state index in [1.54, 1.807) is 30.3 Å². The molecule has 2 aromatic carbocycles. The van der Waals surface area contributed by atoms with E-state index in [9.17, 15) is 9.18 Å². The van der Waals surface area contributed by atoms with Gasteiger partial charge in [-0.15, -0.1) is 0 Å². The van der Waals surface area contributed by atoms with Crippen LogP contribution in [0.3, 0.4) is 0 Å². The van der Waals surface area contributed by atoms with Gasteiger partial charge in [-0.2, -0.15) is 0 Å². The second kappa shape index (κ2) is 6.93.